The molecule has 0 amide bonds. The standard InChI is InChI=1S/C18H26O4/c1-5-15(20-13-14-10-8-7-9-11-14)18(6-2)16(12-19)21-17(3,4)22-18/h6-11,15-16,19H,2,5,12-13H2,1,3-4H3/t15-,16+,18-/m1/s1. The van der Waals surface area contributed by atoms with Crippen molar-refractivity contribution in [2.75, 3.05) is 6.61 Å². The van der Waals surface area contributed by atoms with E-state index in [1.54, 1.807) is 6.08 Å². The highest BCUT2D eigenvalue weighted by Gasteiger charge is 2.55. The Bertz CT molecular complexity index is 485. The van der Waals surface area contributed by atoms with Gasteiger partial charge in [-0.05, 0) is 25.8 Å². The van der Waals surface area contributed by atoms with E-state index < -0.39 is 17.5 Å². The second-order valence-electron chi connectivity index (χ2n) is 6.04. The topological polar surface area (TPSA) is 47.9 Å². The van der Waals surface area contributed by atoms with Gasteiger partial charge in [0.15, 0.2) is 5.79 Å². The summed E-state index contributed by atoms with van der Waals surface area (Å²) >= 11 is 0. The van der Waals surface area contributed by atoms with Crippen molar-refractivity contribution in [3.8, 4) is 0 Å². The Hall–Kier alpha value is -1.20. The van der Waals surface area contributed by atoms with Crippen LogP contribution in [0.3, 0.4) is 0 Å². The zero-order valence-corrected chi connectivity index (χ0v) is 13.6. The molecule has 0 radical (unpaired) electrons. The third-order valence-corrected chi connectivity index (χ3v) is 4.00. The van der Waals surface area contributed by atoms with Crippen molar-refractivity contribution in [2.45, 2.75) is 57.4 Å². The van der Waals surface area contributed by atoms with Gasteiger partial charge >= 0.3 is 0 Å². The summed E-state index contributed by atoms with van der Waals surface area (Å²) in [6, 6.07) is 9.99. The van der Waals surface area contributed by atoms with Crippen molar-refractivity contribution >= 4 is 0 Å². The predicted octanol–water partition coefficient (Wildman–Crippen LogP) is 3.05. The van der Waals surface area contributed by atoms with Crippen LogP contribution in [0, 0.1) is 0 Å². The normalized spacial score (nSPS) is 28.5. The van der Waals surface area contributed by atoms with Crippen LogP contribution in [0.1, 0.15) is 32.8 Å². The summed E-state index contributed by atoms with van der Waals surface area (Å²) in [5, 5.41) is 9.69. The Kier molecular flexibility index (Phi) is 5.40. The Morgan fingerprint density at radius 3 is 2.59 bits per heavy atom. The zero-order valence-electron chi connectivity index (χ0n) is 13.6. The number of hydrogen-bond donors (Lipinski definition) is 1. The molecule has 1 aromatic rings. The molecule has 4 heteroatoms. The Morgan fingerprint density at radius 1 is 1.36 bits per heavy atom. The molecular weight excluding hydrogens is 280 g/mol. The maximum Gasteiger partial charge on any atom is 0.164 e. The molecule has 22 heavy (non-hydrogen) atoms. The second kappa shape index (κ2) is 6.92. The van der Waals surface area contributed by atoms with Crippen LogP contribution in [-0.2, 0) is 20.8 Å². The van der Waals surface area contributed by atoms with E-state index in [0.29, 0.717) is 6.61 Å². The average molecular weight is 306 g/mol. The highest BCUT2D eigenvalue weighted by molar-refractivity contribution is 5.15. The number of benzene rings is 1. The average Bonchev–Trinajstić information content (AvgIpc) is 2.80. The molecular formula is C18H26O4. The molecule has 0 unspecified atom stereocenters. The van der Waals surface area contributed by atoms with Gasteiger partial charge in [-0.3, -0.25) is 0 Å². The first-order chi connectivity index (χ1) is 10.5. The fourth-order valence-corrected chi connectivity index (χ4v) is 3.05. The SMILES string of the molecule is C=C[C@]1([C@@H](CC)OCc2ccccc2)OC(C)(C)O[C@H]1CO. The van der Waals surface area contributed by atoms with Crippen molar-refractivity contribution in [1.82, 2.24) is 0 Å². The van der Waals surface area contributed by atoms with Crippen LogP contribution < -0.4 is 0 Å². The molecule has 0 aliphatic carbocycles. The minimum atomic E-state index is -0.845. The molecule has 1 N–H and O–H groups in total. The van der Waals surface area contributed by atoms with Gasteiger partial charge in [0.05, 0.1) is 19.3 Å². The van der Waals surface area contributed by atoms with E-state index in [2.05, 4.69) is 6.58 Å². The first kappa shape index (κ1) is 17.2. The molecule has 0 aromatic heterocycles. The van der Waals surface area contributed by atoms with Crippen LogP contribution in [0.4, 0.5) is 0 Å². The fourth-order valence-electron chi connectivity index (χ4n) is 3.05. The van der Waals surface area contributed by atoms with Gasteiger partial charge in [-0.25, -0.2) is 0 Å². The lowest BCUT2D eigenvalue weighted by Crippen LogP contribution is -2.51. The van der Waals surface area contributed by atoms with Crippen LogP contribution in [0.2, 0.25) is 0 Å². The van der Waals surface area contributed by atoms with Gasteiger partial charge in [-0.2, -0.15) is 0 Å². The highest BCUT2D eigenvalue weighted by atomic mass is 16.8. The summed E-state index contributed by atoms with van der Waals surface area (Å²) in [5.74, 6) is -0.773. The van der Waals surface area contributed by atoms with E-state index >= 15 is 0 Å². The highest BCUT2D eigenvalue weighted by Crippen LogP contribution is 2.41. The molecule has 0 saturated carbocycles. The van der Waals surface area contributed by atoms with Crippen molar-refractivity contribution in [3.63, 3.8) is 0 Å². The second-order valence-corrected chi connectivity index (χ2v) is 6.04. The lowest BCUT2D eigenvalue weighted by atomic mass is 9.88. The van der Waals surface area contributed by atoms with Crippen molar-refractivity contribution in [3.05, 3.63) is 48.6 Å². The maximum atomic E-state index is 9.69. The van der Waals surface area contributed by atoms with E-state index in [1.165, 1.54) is 0 Å². The van der Waals surface area contributed by atoms with Gasteiger partial charge in [0, 0.05) is 0 Å². The fraction of sp³-hybridized carbons (Fsp3) is 0.556. The third-order valence-electron chi connectivity index (χ3n) is 4.00. The maximum absolute atomic E-state index is 9.69. The van der Waals surface area contributed by atoms with E-state index in [4.69, 9.17) is 14.2 Å². The molecule has 3 atom stereocenters. The molecule has 0 bridgehead atoms. The monoisotopic (exact) mass is 306 g/mol. The summed E-state index contributed by atoms with van der Waals surface area (Å²) in [6.45, 7) is 9.96. The lowest BCUT2D eigenvalue weighted by molar-refractivity contribution is -0.180. The molecule has 1 fully saturated rings. The zero-order chi connectivity index (χ0) is 16.2. The third kappa shape index (κ3) is 3.41. The molecule has 2 rings (SSSR count). The molecule has 122 valence electrons. The van der Waals surface area contributed by atoms with Gasteiger partial charge in [0.25, 0.3) is 0 Å². The predicted molar refractivity (Wildman–Crippen MR) is 85.4 cm³/mol. The van der Waals surface area contributed by atoms with E-state index in [0.717, 1.165) is 12.0 Å². The van der Waals surface area contributed by atoms with E-state index in [9.17, 15) is 5.11 Å². The molecule has 1 heterocycles. The summed E-state index contributed by atoms with van der Waals surface area (Å²) in [5.41, 5.74) is 0.251. The van der Waals surface area contributed by atoms with Crippen molar-refractivity contribution in [2.24, 2.45) is 0 Å². The molecule has 4 nitrogen and oxygen atoms in total. The summed E-state index contributed by atoms with van der Waals surface area (Å²) in [6.07, 6.45) is 1.71. The quantitative estimate of drug-likeness (QED) is 0.787. The minimum absolute atomic E-state index is 0.138. The molecule has 1 aliphatic rings. The van der Waals surface area contributed by atoms with Crippen LogP contribution in [0.15, 0.2) is 43.0 Å². The van der Waals surface area contributed by atoms with Crippen LogP contribution in [0.5, 0.6) is 0 Å². The number of ether oxygens (including phenoxy) is 3. The molecule has 1 aliphatic heterocycles. The van der Waals surface area contributed by atoms with Gasteiger partial charge in [0.1, 0.15) is 11.7 Å². The van der Waals surface area contributed by atoms with Crippen molar-refractivity contribution < 1.29 is 19.3 Å². The van der Waals surface area contributed by atoms with Gasteiger partial charge < -0.3 is 19.3 Å². The van der Waals surface area contributed by atoms with Crippen molar-refractivity contribution in [1.29, 1.82) is 0 Å². The number of aliphatic hydroxyl groups is 1. The lowest BCUT2D eigenvalue weighted by Gasteiger charge is -2.36. The summed E-state index contributed by atoms with van der Waals surface area (Å²) < 4.78 is 18.0. The van der Waals surface area contributed by atoms with E-state index in [-0.39, 0.29) is 12.7 Å². The van der Waals surface area contributed by atoms with Crippen LogP contribution in [-0.4, -0.2) is 35.3 Å². The Morgan fingerprint density at radius 2 is 2.05 bits per heavy atom. The van der Waals surface area contributed by atoms with Gasteiger partial charge in [0.2, 0.25) is 0 Å². The Labute approximate surface area is 132 Å². The minimum Gasteiger partial charge on any atom is -0.394 e. The van der Waals surface area contributed by atoms with Gasteiger partial charge in [-0.15, -0.1) is 6.58 Å². The largest absolute Gasteiger partial charge is 0.394 e. The summed E-state index contributed by atoms with van der Waals surface area (Å²) in [7, 11) is 0. The molecule has 1 aromatic carbocycles. The number of aliphatic hydroxyl groups excluding tert-OH is 1. The number of rotatable bonds is 7. The van der Waals surface area contributed by atoms with Gasteiger partial charge in [-0.1, -0.05) is 43.3 Å². The van der Waals surface area contributed by atoms with Crippen LogP contribution in [0.25, 0.3) is 0 Å². The summed E-state index contributed by atoms with van der Waals surface area (Å²) in [4.78, 5) is 0. The number of hydrogen-bond acceptors (Lipinski definition) is 4. The molecule has 0 spiro atoms. The van der Waals surface area contributed by atoms with Crippen LogP contribution >= 0.6 is 0 Å². The Balaban J connectivity index is 2.17. The smallest absolute Gasteiger partial charge is 0.164 e. The first-order valence-corrected chi connectivity index (χ1v) is 7.75. The van der Waals surface area contributed by atoms with E-state index in [1.807, 2.05) is 51.1 Å². The first-order valence-electron chi connectivity index (χ1n) is 7.75. The molecule has 1 saturated heterocycles.